The molecule has 5 heteroatoms. The van der Waals surface area contributed by atoms with Crippen LogP contribution in [-0.2, 0) is 13.0 Å². The number of aromatic amines is 1. The molecule has 0 bridgehead atoms. The topological polar surface area (TPSA) is 75.0 Å². The van der Waals surface area contributed by atoms with Gasteiger partial charge in [0.1, 0.15) is 0 Å². The van der Waals surface area contributed by atoms with Crippen molar-refractivity contribution in [2.24, 2.45) is 5.73 Å². The molecule has 0 radical (unpaired) electrons. The van der Waals surface area contributed by atoms with Crippen molar-refractivity contribution in [3.63, 3.8) is 0 Å². The number of nitrogens with two attached hydrogens (primary N) is 1. The highest BCUT2D eigenvalue weighted by atomic mass is 16.1. The molecule has 0 saturated carbocycles. The Hall–Kier alpha value is -2.92. The first kappa shape index (κ1) is 15.6. The molecule has 1 aliphatic rings. The second kappa shape index (κ2) is 6.18. The second-order valence-electron chi connectivity index (χ2n) is 6.54. The van der Waals surface area contributed by atoms with Crippen LogP contribution in [0.25, 0.3) is 22.5 Å². The van der Waals surface area contributed by atoms with Gasteiger partial charge in [-0.25, -0.2) is 0 Å². The lowest BCUT2D eigenvalue weighted by Crippen LogP contribution is -2.26. The van der Waals surface area contributed by atoms with Gasteiger partial charge in [0.15, 0.2) is 0 Å². The summed E-state index contributed by atoms with van der Waals surface area (Å²) in [5, 5.41) is 0. The summed E-state index contributed by atoms with van der Waals surface area (Å²) < 4.78 is 0. The molecule has 3 heterocycles. The molecule has 0 aliphatic carbocycles. The third-order valence-electron chi connectivity index (χ3n) is 4.77. The molecule has 2 aromatic heterocycles. The Morgan fingerprint density at radius 2 is 1.92 bits per heavy atom. The lowest BCUT2D eigenvalue weighted by Gasteiger charge is -2.25. The number of benzene rings is 1. The van der Waals surface area contributed by atoms with Crippen molar-refractivity contribution in [1.29, 1.82) is 0 Å². The van der Waals surface area contributed by atoms with Gasteiger partial charge in [-0.1, -0.05) is 12.1 Å². The van der Waals surface area contributed by atoms with Crippen molar-refractivity contribution in [2.45, 2.75) is 13.0 Å². The van der Waals surface area contributed by atoms with Crippen LogP contribution in [0.1, 0.15) is 21.5 Å². The maximum absolute atomic E-state index is 12.0. The van der Waals surface area contributed by atoms with Gasteiger partial charge in [-0.2, -0.15) is 0 Å². The Morgan fingerprint density at radius 3 is 2.68 bits per heavy atom. The molecule has 1 amide bonds. The van der Waals surface area contributed by atoms with Crippen LogP contribution >= 0.6 is 0 Å². The van der Waals surface area contributed by atoms with Gasteiger partial charge in [-0.3, -0.25) is 9.78 Å². The largest absolute Gasteiger partial charge is 0.366 e. The predicted molar refractivity (Wildman–Crippen MR) is 98.0 cm³/mol. The van der Waals surface area contributed by atoms with Crippen LogP contribution in [-0.4, -0.2) is 34.4 Å². The molecule has 4 rings (SSSR count). The molecular formula is C20H20N4O. The Balaban J connectivity index is 1.81. The number of carbonyl (C=O) groups is 1. The number of likely N-dealkylation sites (N-methyl/N-ethyl adjacent to an activating group) is 1. The minimum Gasteiger partial charge on any atom is -0.366 e. The number of rotatable bonds is 3. The summed E-state index contributed by atoms with van der Waals surface area (Å²) in [4.78, 5) is 21.7. The Morgan fingerprint density at radius 1 is 1.12 bits per heavy atom. The number of pyridine rings is 1. The number of primary amides is 1. The number of nitrogens with one attached hydrogen (secondary N) is 1. The molecule has 126 valence electrons. The molecule has 25 heavy (non-hydrogen) atoms. The van der Waals surface area contributed by atoms with Crippen LogP contribution < -0.4 is 5.73 Å². The summed E-state index contributed by atoms with van der Waals surface area (Å²) in [6.45, 7) is 2.00. The Bertz CT molecular complexity index is 930. The van der Waals surface area contributed by atoms with Crippen LogP contribution in [0, 0.1) is 0 Å². The van der Waals surface area contributed by atoms with Gasteiger partial charge in [0.2, 0.25) is 0 Å². The third-order valence-corrected chi connectivity index (χ3v) is 4.77. The van der Waals surface area contributed by atoms with Crippen molar-refractivity contribution in [2.75, 3.05) is 13.6 Å². The molecule has 1 aromatic carbocycles. The van der Waals surface area contributed by atoms with Gasteiger partial charge in [0, 0.05) is 36.7 Å². The van der Waals surface area contributed by atoms with Gasteiger partial charge in [0.25, 0.3) is 5.91 Å². The van der Waals surface area contributed by atoms with E-state index in [2.05, 4.69) is 40.1 Å². The minimum absolute atomic E-state index is 0.429. The van der Waals surface area contributed by atoms with Gasteiger partial charge < -0.3 is 15.6 Å². The molecule has 1 aliphatic heterocycles. The average molecular weight is 332 g/mol. The first-order valence-corrected chi connectivity index (χ1v) is 8.36. The molecule has 3 N–H and O–H groups in total. The van der Waals surface area contributed by atoms with Crippen molar-refractivity contribution >= 4 is 5.91 Å². The third kappa shape index (κ3) is 2.94. The summed E-state index contributed by atoms with van der Waals surface area (Å²) in [5.74, 6) is -0.429. The summed E-state index contributed by atoms with van der Waals surface area (Å²) in [6.07, 6.45) is 4.52. The molecule has 0 spiro atoms. The summed E-state index contributed by atoms with van der Waals surface area (Å²) in [7, 11) is 2.13. The van der Waals surface area contributed by atoms with Crippen molar-refractivity contribution < 1.29 is 4.79 Å². The fourth-order valence-electron chi connectivity index (χ4n) is 3.42. The van der Waals surface area contributed by atoms with E-state index < -0.39 is 5.91 Å². The standard InChI is InChI=1S/C20H20N4O/c1-24-9-6-13-2-3-15(10-16(13)12-24)19-17(20(21)25)11-18(23-19)14-4-7-22-8-5-14/h2-5,7-8,10-11,23H,6,9,12H2,1H3,(H2,21,25). The number of aromatic nitrogens is 2. The number of fused-ring (bicyclic) bond motifs is 1. The number of hydrogen-bond acceptors (Lipinski definition) is 3. The highest BCUT2D eigenvalue weighted by Gasteiger charge is 2.18. The average Bonchev–Trinajstić information content (AvgIpc) is 3.07. The van der Waals surface area contributed by atoms with Gasteiger partial charge in [-0.05, 0) is 54.4 Å². The summed E-state index contributed by atoms with van der Waals surface area (Å²) in [6, 6.07) is 12.0. The van der Waals surface area contributed by atoms with Crippen LogP contribution in [0.2, 0.25) is 0 Å². The van der Waals surface area contributed by atoms with Crippen molar-refractivity contribution in [3.05, 3.63) is 65.5 Å². The maximum atomic E-state index is 12.0. The van der Waals surface area contributed by atoms with E-state index in [-0.39, 0.29) is 0 Å². The van der Waals surface area contributed by atoms with Crippen molar-refractivity contribution in [1.82, 2.24) is 14.9 Å². The molecule has 0 saturated heterocycles. The Labute approximate surface area is 146 Å². The fourth-order valence-corrected chi connectivity index (χ4v) is 3.42. The number of H-pyrrole nitrogens is 1. The van der Waals surface area contributed by atoms with Gasteiger partial charge >= 0.3 is 0 Å². The molecule has 0 fully saturated rings. The maximum Gasteiger partial charge on any atom is 0.250 e. The number of hydrogen-bond donors (Lipinski definition) is 2. The van der Waals surface area contributed by atoms with E-state index in [9.17, 15) is 4.79 Å². The quantitative estimate of drug-likeness (QED) is 0.774. The van der Waals surface area contributed by atoms with E-state index >= 15 is 0 Å². The molecule has 0 atom stereocenters. The van der Waals surface area contributed by atoms with E-state index in [1.54, 1.807) is 12.4 Å². The van der Waals surface area contributed by atoms with E-state index in [1.807, 2.05) is 18.2 Å². The van der Waals surface area contributed by atoms with E-state index in [0.717, 1.165) is 42.0 Å². The van der Waals surface area contributed by atoms with Crippen LogP contribution in [0.15, 0.2) is 48.8 Å². The van der Waals surface area contributed by atoms with Gasteiger partial charge in [-0.15, -0.1) is 0 Å². The first-order chi connectivity index (χ1) is 12.1. The zero-order valence-electron chi connectivity index (χ0n) is 14.1. The number of carbonyl (C=O) groups excluding carboxylic acids is 1. The molecule has 3 aromatic rings. The second-order valence-corrected chi connectivity index (χ2v) is 6.54. The zero-order valence-corrected chi connectivity index (χ0v) is 14.1. The van der Waals surface area contributed by atoms with Gasteiger partial charge in [0.05, 0.1) is 11.3 Å². The number of amides is 1. The lowest BCUT2D eigenvalue weighted by atomic mass is 9.96. The highest BCUT2D eigenvalue weighted by molar-refractivity contribution is 6.00. The Kier molecular flexibility index (Phi) is 3.86. The van der Waals surface area contributed by atoms with E-state index in [4.69, 9.17) is 5.73 Å². The minimum atomic E-state index is -0.429. The normalized spacial score (nSPS) is 14.3. The molecular weight excluding hydrogens is 312 g/mol. The van der Waals surface area contributed by atoms with Crippen molar-refractivity contribution in [3.8, 4) is 22.5 Å². The monoisotopic (exact) mass is 332 g/mol. The lowest BCUT2D eigenvalue weighted by molar-refractivity contribution is 0.100. The predicted octanol–water partition coefficient (Wildman–Crippen LogP) is 2.83. The fraction of sp³-hybridized carbons (Fsp3) is 0.200. The summed E-state index contributed by atoms with van der Waals surface area (Å²) >= 11 is 0. The SMILES string of the molecule is CN1CCc2ccc(-c3[nH]c(-c4ccncc4)cc3C(N)=O)cc2C1. The first-order valence-electron chi connectivity index (χ1n) is 8.36. The van der Waals surface area contributed by atoms with E-state index in [1.165, 1.54) is 11.1 Å². The van der Waals surface area contributed by atoms with Crippen LogP contribution in [0.3, 0.4) is 0 Å². The zero-order chi connectivity index (χ0) is 17.4. The smallest absolute Gasteiger partial charge is 0.250 e. The van der Waals surface area contributed by atoms with E-state index in [0.29, 0.717) is 5.56 Å². The number of nitrogens with zero attached hydrogens (tertiary/aromatic N) is 2. The summed E-state index contributed by atoms with van der Waals surface area (Å²) in [5.41, 5.74) is 12.4. The molecule has 0 unspecified atom stereocenters. The molecule has 5 nitrogen and oxygen atoms in total. The highest BCUT2D eigenvalue weighted by Crippen LogP contribution is 2.31. The van der Waals surface area contributed by atoms with Crippen LogP contribution in [0.4, 0.5) is 0 Å². The van der Waals surface area contributed by atoms with Crippen LogP contribution in [0.5, 0.6) is 0 Å².